The molecule has 0 aliphatic heterocycles. The Bertz CT molecular complexity index is 671. The molecule has 0 heterocycles. The molecule has 0 amide bonds. The highest BCUT2D eigenvalue weighted by Gasteiger charge is 2.26. The topological polar surface area (TPSA) is 17.1 Å². The Kier molecular flexibility index (Phi) is 2.60. The van der Waals surface area contributed by atoms with E-state index in [1.807, 2.05) is 42.5 Å². The Labute approximate surface area is 111 Å². The van der Waals surface area contributed by atoms with E-state index < -0.39 is 0 Å². The van der Waals surface area contributed by atoms with Gasteiger partial charge in [-0.15, -0.1) is 0 Å². The van der Waals surface area contributed by atoms with Gasteiger partial charge in [0.2, 0.25) is 0 Å². The minimum atomic E-state index is 0.0804. The average Bonchev–Trinajstić information content (AvgIpc) is 2.44. The molecular formula is C16H12OS. The minimum Gasteiger partial charge on any atom is -0.289 e. The Morgan fingerprint density at radius 3 is 2.33 bits per heavy atom. The lowest BCUT2D eigenvalue weighted by Crippen LogP contribution is -2.20. The quantitative estimate of drug-likeness (QED) is 0.616. The number of rotatable bonds is 1. The number of carbonyl (C=O) groups is 1. The molecule has 2 heteroatoms. The third kappa shape index (κ3) is 1.53. The van der Waals surface area contributed by atoms with E-state index in [9.17, 15) is 4.79 Å². The molecule has 2 aromatic rings. The smallest absolute Gasteiger partial charge is 0.194 e. The van der Waals surface area contributed by atoms with Gasteiger partial charge in [0, 0.05) is 22.3 Å². The first-order valence-corrected chi connectivity index (χ1v) is 6.44. The predicted octanol–water partition coefficient (Wildman–Crippen LogP) is 3.56. The molecule has 1 nitrogen and oxygen atoms in total. The molecule has 1 aliphatic carbocycles. The van der Waals surface area contributed by atoms with Crippen LogP contribution in [-0.2, 0) is 6.42 Å². The van der Waals surface area contributed by atoms with E-state index in [2.05, 4.69) is 6.92 Å². The number of carbonyl (C=O) groups excluding carboxylic acids is 1. The van der Waals surface area contributed by atoms with Crippen LogP contribution in [0.5, 0.6) is 0 Å². The highest BCUT2D eigenvalue weighted by atomic mass is 32.1. The molecule has 0 saturated heterocycles. The van der Waals surface area contributed by atoms with Gasteiger partial charge >= 0.3 is 0 Å². The number of thiocarbonyl (C=S) groups is 1. The van der Waals surface area contributed by atoms with Crippen molar-refractivity contribution in [3.8, 4) is 0 Å². The summed E-state index contributed by atoms with van der Waals surface area (Å²) < 4.78 is 0. The first kappa shape index (κ1) is 11.3. The van der Waals surface area contributed by atoms with Gasteiger partial charge in [-0.3, -0.25) is 4.79 Å². The zero-order valence-corrected chi connectivity index (χ0v) is 10.9. The Morgan fingerprint density at radius 2 is 1.61 bits per heavy atom. The van der Waals surface area contributed by atoms with Crippen LogP contribution in [0.25, 0.3) is 0 Å². The second kappa shape index (κ2) is 4.14. The molecule has 0 atom stereocenters. The third-order valence-corrected chi connectivity index (χ3v) is 3.84. The van der Waals surface area contributed by atoms with Crippen LogP contribution >= 0.6 is 12.2 Å². The zero-order valence-electron chi connectivity index (χ0n) is 10.1. The Hall–Kier alpha value is -1.80. The predicted molar refractivity (Wildman–Crippen MR) is 76.5 cm³/mol. The molecule has 0 radical (unpaired) electrons. The molecule has 0 saturated carbocycles. The van der Waals surface area contributed by atoms with E-state index in [-0.39, 0.29) is 5.78 Å². The second-order valence-electron chi connectivity index (χ2n) is 4.44. The number of hydrogen-bond donors (Lipinski definition) is 0. The first-order valence-electron chi connectivity index (χ1n) is 6.03. The van der Waals surface area contributed by atoms with E-state index in [0.717, 1.165) is 33.5 Å². The average molecular weight is 252 g/mol. The largest absolute Gasteiger partial charge is 0.289 e. The van der Waals surface area contributed by atoms with E-state index in [1.54, 1.807) is 0 Å². The van der Waals surface area contributed by atoms with Crippen molar-refractivity contribution in [2.24, 2.45) is 0 Å². The molecule has 18 heavy (non-hydrogen) atoms. The molecule has 0 unspecified atom stereocenters. The second-order valence-corrected chi connectivity index (χ2v) is 4.85. The van der Waals surface area contributed by atoms with Crippen LogP contribution in [0.15, 0.2) is 42.5 Å². The monoisotopic (exact) mass is 252 g/mol. The summed E-state index contributed by atoms with van der Waals surface area (Å²) in [5.41, 5.74) is 4.46. The van der Waals surface area contributed by atoms with Crippen LogP contribution in [0, 0.1) is 0 Å². The summed E-state index contributed by atoms with van der Waals surface area (Å²) in [4.78, 5) is 13.2. The van der Waals surface area contributed by atoms with Gasteiger partial charge in [-0.1, -0.05) is 55.5 Å². The van der Waals surface area contributed by atoms with Crippen molar-refractivity contribution in [2.45, 2.75) is 13.3 Å². The minimum absolute atomic E-state index is 0.0804. The molecule has 0 N–H and O–H groups in total. The van der Waals surface area contributed by atoms with Gasteiger partial charge in [-0.25, -0.2) is 0 Å². The molecule has 0 bridgehead atoms. The number of benzene rings is 2. The van der Waals surface area contributed by atoms with Gasteiger partial charge in [0.1, 0.15) is 0 Å². The summed E-state index contributed by atoms with van der Waals surface area (Å²) in [5.74, 6) is 0.0804. The normalized spacial score (nSPS) is 13.2. The number of ketones is 1. The third-order valence-electron chi connectivity index (χ3n) is 3.40. The first-order chi connectivity index (χ1) is 8.72. The van der Waals surface area contributed by atoms with Gasteiger partial charge < -0.3 is 0 Å². The van der Waals surface area contributed by atoms with Crippen LogP contribution in [0.2, 0.25) is 0 Å². The summed E-state index contributed by atoms with van der Waals surface area (Å²) in [6.45, 7) is 2.10. The van der Waals surface area contributed by atoms with E-state index in [4.69, 9.17) is 12.2 Å². The SMILES string of the molecule is CCc1ccc2c(c1)C(=S)c1ccccc1C2=O. The van der Waals surface area contributed by atoms with E-state index >= 15 is 0 Å². The number of aryl methyl sites for hydroxylation is 1. The highest BCUT2D eigenvalue weighted by Crippen LogP contribution is 2.28. The summed E-state index contributed by atoms with van der Waals surface area (Å²) in [7, 11) is 0. The Morgan fingerprint density at radius 1 is 0.944 bits per heavy atom. The van der Waals surface area contributed by atoms with Crippen molar-refractivity contribution in [3.63, 3.8) is 0 Å². The van der Waals surface area contributed by atoms with Crippen molar-refractivity contribution in [1.29, 1.82) is 0 Å². The molecule has 1 aliphatic rings. The maximum Gasteiger partial charge on any atom is 0.194 e. The van der Waals surface area contributed by atoms with Crippen LogP contribution in [0.4, 0.5) is 0 Å². The summed E-state index contributed by atoms with van der Waals surface area (Å²) in [6.07, 6.45) is 0.950. The molecule has 0 aromatic heterocycles. The lowest BCUT2D eigenvalue weighted by Gasteiger charge is -2.19. The fourth-order valence-corrected chi connectivity index (χ4v) is 2.71. The van der Waals surface area contributed by atoms with Crippen molar-refractivity contribution in [1.82, 2.24) is 0 Å². The lowest BCUT2D eigenvalue weighted by molar-refractivity contribution is 0.103. The van der Waals surface area contributed by atoms with Crippen LogP contribution in [-0.4, -0.2) is 10.6 Å². The van der Waals surface area contributed by atoms with Crippen molar-refractivity contribution < 1.29 is 4.79 Å². The molecule has 0 spiro atoms. The molecular weight excluding hydrogens is 240 g/mol. The fraction of sp³-hybridized carbons (Fsp3) is 0.125. The standard InChI is InChI=1S/C16H12OS/c1-2-10-7-8-12-14(9-10)16(18)13-6-4-3-5-11(13)15(12)17/h3-9H,2H2,1H3. The van der Waals surface area contributed by atoms with Crippen molar-refractivity contribution >= 4 is 22.9 Å². The maximum absolute atomic E-state index is 12.4. The van der Waals surface area contributed by atoms with Gasteiger partial charge in [0.25, 0.3) is 0 Å². The molecule has 0 fully saturated rings. The van der Waals surface area contributed by atoms with Gasteiger partial charge in [0.15, 0.2) is 5.78 Å². The summed E-state index contributed by atoms with van der Waals surface area (Å²) in [5, 5.41) is 0. The van der Waals surface area contributed by atoms with E-state index in [0.29, 0.717) is 0 Å². The number of hydrogen-bond acceptors (Lipinski definition) is 2. The summed E-state index contributed by atoms with van der Waals surface area (Å²) >= 11 is 5.52. The Balaban J connectivity index is 2.27. The van der Waals surface area contributed by atoms with Crippen LogP contribution < -0.4 is 0 Å². The number of fused-ring (bicyclic) bond motifs is 2. The van der Waals surface area contributed by atoms with Gasteiger partial charge in [0.05, 0.1) is 4.86 Å². The van der Waals surface area contributed by atoms with Crippen molar-refractivity contribution in [3.05, 3.63) is 70.3 Å². The summed E-state index contributed by atoms with van der Waals surface area (Å²) in [6, 6.07) is 13.5. The zero-order chi connectivity index (χ0) is 12.7. The van der Waals surface area contributed by atoms with Crippen molar-refractivity contribution in [2.75, 3.05) is 0 Å². The van der Waals surface area contributed by atoms with Gasteiger partial charge in [-0.05, 0) is 18.1 Å². The highest BCUT2D eigenvalue weighted by molar-refractivity contribution is 7.81. The van der Waals surface area contributed by atoms with E-state index in [1.165, 1.54) is 5.56 Å². The molecule has 2 aromatic carbocycles. The van der Waals surface area contributed by atoms with Crippen LogP contribution in [0.3, 0.4) is 0 Å². The fourth-order valence-electron chi connectivity index (χ4n) is 2.37. The molecule has 3 rings (SSSR count). The van der Waals surface area contributed by atoms with Gasteiger partial charge in [-0.2, -0.15) is 0 Å². The van der Waals surface area contributed by atoms with Crippen LogP contribution in [0.1, 0.15) is 39.5 Å². The lowest BCUT2D eigenvalue weighted by atomic mass is 9.84. The maximum atomic E-state index is 12.4. The molecule has 88 valence electrons.